The fourth-order valence-electron chi connectivity index (χ4n) is 5.53. The second kappa shape index (κ2) is 16.9. The van der Waals surface area contributed by atoms with Gasteiger partial charge in [-0.05, 0) is 87.7 Å². The van der Waals surface area contributed by atoms with Crippen LogP contribution in [0, 0.1) is 5.92 Å². The summed E-state index contributed by atoms with van der Waals surface area (Å²) in [6, 6.07) is 19.4. The number of rotatable bonds is 9. The van der Waals surface area contributed by atoms with Crippen LogP contribution in [-0.2, 0) is 14.8 Å². The van der Waals surface area contributed by atoms with Crippen molar-refractivity contribution < 1.29 is 37.3 Å². The first-order valence-electron chi connectivity index (χ1n) is 16.3. The van der Waals surface area contributed by atoms with Crippen LogP contribution in [0.2, 0.25) is 0 Å². The summed E-state index contributed by atoms with van der Waals surface area (Å²) in [4.78, 5) is 29.0. The van der Waals surface area contributed by atoms with Gasteiger partial charge in [-0.1, -0.05) is 25.1 Å². The molecule has 0 aromatic heterocycles. The molecular formula is C36H47N3O8S. The molecule has 0 unspecified atom stereocenters. The van der Waals surface area contributed by atoms with E-state index in [-0.39, 0.29) is 48.1 Å². The first kappa shape index (κ1) is 36.9. The monoisotopic (exact) mass is 681 g/mol. The van der Waals surface area contributed by atoms with Crippen molar-refractivity contribution in [2.24, 2.45) is 5.92 Å². The Hall–Kier alpha value is -3.97. The number of nitrogens with zero attached hydrogens (tertiary/aromatic N) is 2. The normalized spacial score (nSPS) is 20.3. The van der Waals surface area contributed by atoms with Crippen molar-refractivity contribution in [3.8, 4) is 11.5 Å². The maximum atomic E-state index is 14.4. The number of carbonyl (C=O) groups excluding carboxylic acids is 2. The maximum Gasteiger partial charge on any atom is 0.258 e. The summed E-state index contributed by atoms with van der Waals surface area (Å²) >= 11 is 0. The predicted octanol–water partition coefficient (Wildman–Crippen LogP) is 5.06. The van der Waals surface area contributed by atoms with E-state index in [2.05, 4.69) is 5.32 Å². The van der Waals surface area contributed by atoms with Crippen LogP contribution in [0.4, 0.5) is 5.69 Å². The SMILES string of the molecule is COc1ccc(S(=O)(=O)N(C)C[C@H]2OCCCC[C@@H](C)Oc3ccc(NC(=O)c4ccccc4)cc3C(=O)N([C@@H](C)CO)C[C@H]2C)cc1. The summed E-state index contributed by atoms with van der Waals surface area (Å²) < 4.78 is 46.1. The highest BCUT2D eigenvalue weighted by Gasteiger charge is 2.32. The molecule has 0 saturated heterocycles. The second-order valence-corrected chi connectivity index (χ2v) is 14.3. The molecule has 12 heteroatoms. The van der Waals surface area contributed by atoms with Crippen molar-refractivity contribution in [2.75, 3.05) is 45.8 Å². The average Bonchev–Trinajstić information content (AvgIpc) is 3.09. The molecule has 260 valence electrons. The third kappa shape index (κ3) is 9.34. The van der Waals surface area contributed by atoms with Gasteiger partial charge in [-0.25, -0.2) is 8.42 Å². The second-order valence-electron chi connectivity index (χ2n) is 12.3. The number of amides is 2. The summed E-state index contributed by atoms with van der Waals surface area (Å²) in [5.41, 5.74) is 1.14. The molecule has 1 aliphatic rings. The number of aliphatic hydroxyl groups excluding tert-OH is 1. The van der Waals surface area contributed by atoms with Gasteiger partial charge in [-0.2, -0.15) is 4.31 Å². The molecule has 2 amide bonds. The van der Waals surface area contributed by atoms with Crippen LogP contribution in [0.5, 0.6) is 11.5 Å². The Kier molecular flexibility index (Phi) is 13.0. The molecule has 3 aromatic carbocycles. The Labute approximate surface area is 283 Å². The molecule has 2 N–H and O–H groups in total. The quantitative estimate of drug-likeness (QED) is 0.320. The minimum absolute atomic E-state index is 0.0524. The Morgan fingerprint density at radius 1 is 1.08 bits per heavy atom. The van der Waals surface area contributed by atoms with E-state index in [4.69, 9.17) is 14.2 Å². The molecule has 4 atom stereocenters. The van der Waals surface area contributed by atoms with Gasteiger partial charge in [0.25, 0.3) is 11.8 Å². The van der Waals surface area contributed by atoms with Gasteiger partial charge < -0.3 is 29.5 Å². The number of benzene rings is 3. The maximum absolute atomic E-state index is 14.4. The molecule has 1 aliphatic heterocycles. The van der Waals surface area contributed by atoms with Gasteiger partial charge in [0.1, 0.15) is 11.5 Å². The minimum Gasteiger partial charge on any atom is -0.497 e. The zero-order valence-corrected chi connectivity index (χ0v) is 29.1. The van der Waals surface area contributed by atoms with Crippen LogP contribution in [0.15, 0.2) is 77.7 Å². The molecule has 3 aromatic rings. The Morgan fingerprint density at radius 3 is 2.46 bits per heavy atom. The lowest BCUT2D eigenvalue weighted by Gasteiger charge is -2.35. The molecule has 0 aliphatic carbocycles. The Morgan fingerprint density at radius 2 is 1.79 bits per heavy atom. The van der Waals surface area contributed by atoms with E-state index >= 15 is 0 Å². The molecule has 0 saturated carbocycles. The molecule has 4 rings (SSSR count). The molecule has 0 radical (unpaired) electrons. The van der Waals surface area contributed by atoms with E-state index in [0.29, 0.717) is 35.8 Å². The van der Waals surface area contributed by atoms with Crippen molar-refractivity contribution >= 4 is 27.5 Å². The van der Waals surface area contributed by atoms with Crippen molar-refractivity contribution in [1.82, 2.24) is 9.21 Å². The van der Waals surface area contributed by atoms with Crippen LogP contribution in [0.3, 0.4) is 0 Å². The smallest absolute Gasteiger partial charge is 0.258 e. The Bertz CT molecular complexity index is 1620. The number of aliphatic hydroxyl groups is 1. The molecule has 11 nitrogen and oxygen atoms in total. The highest BCUT2D eigenvalue weighted by Crippen LogP contribution is 2.29. The van der Waals surface area contributed by atoms with Crippen LogP contribution in [-0.4, -0.2) is 93.3 Å². The van der Waals surface area contributed by atoms with E-state index in [1.54, 1.807) is 66.4 Å². The van der Waals surface area contributed by atoms with Gasteiger partial charge in [0, 0.05) is 43.9 Å². The molecule has 48 heavy (non-hydrogen) atoms. The summed E-state index contributed by atoms with van der Waals surface area (Å²) in [5.74, 6) is -0.112. The van der Waals surface area contributed by atoms with Crippen molar-refractivity contribution in [3.63, 3.8) is 0 Å². The summed E-state index contributed by atoms with van der Waals surface area (Å²) in [5, 5.41) is 13.1. The minimum atomic E-state index is -3.85. The van der Waals surface area contributed by atoms with Gasteiger partial charge in [-0.15, -0.1) is 0 Å². The van der Waals surface area contributed by atoms with Gasteiger partial charge >= 0.3 is 0 Å². The third-order valence-corrected chi connectivity index (χ3v) is 10.4. The largest absolute Gasteiger partial charge is 0.497 e. The summed E-state index contributed by atoms with van der Waals surface area (Å²) in [7, 11) is -0.818. The van der Waals surface area contributed by atoms with E-state index in [0.717, 1.165) is 12.8 Å². The number of anilines is 1. The fraction of sp³-hybridized carbons (Fsp3) is 0.444. The topological polar surface area (TPSA) is 135 Å². The van der Waals surface area contributed by atoms with Crippen LogP contribution >= 0.6 is 0 Å². The highest BCUT2D eigenvalue weighted by atomic mass is 32.2. The van der Waals surface area contributed by atoms with Crippen LogP contribution in [0.25, 0.3) is 0 Å². The van der Waals surface area contributed by atoms with Gasteiger partial charge in [0.05, 0.1) is 42.4 Å². The molecule has 0 spiro atoms. The van der Waals surface area contributed by atoms with E-state index in [1.165, 1.54) is 30.6 Å². The number of carbonyl (C=O) groups is 2. The Balaban J connectivity index is 1.64. The number of likely N-dealkylation sites (N-methyl/N-ethyl adjacent to an activating group) is 1. The van der Waals surface area contributed by atoms with Gasteiger partial charge in [-0.3, -0.25) is 9.59 Å². The third-order valence-electron chi connectivity index (χ3n) is 8.55. The van der Waals surface area contributed by atoms with Crippen molar-refractivity contribution in [2.45, 2.75) is 63.2 Å². The van der Waals surface area contributed by atoms with Crippen LogP contribution in [0.1, 0.15) is 60.7 Å². The number of hydrogen-bond donors (Lipinski definition) is 2. The lowest BCUT2D eigenvalue weighted by Crippen LogP contribution is -2.48. The zero-order valence-electron chi connectivity index (χ0n) is 28.3. The first-order valence-corrected chi connectivity index (χ1v) is 17.7. The molecule has 0 fully saturated rings. The van der Waals surface area contributed by atoms with Crippen molar-refractivity contribution in [3.05, 3.63) is 83.9 Å². The van der Waals surface area contributed by atoms with Gasteiger partial charge in [0.15, 0.2) is 0 Å². The summed E-state index contributed by atoms with van der Waals surface area (Å²) in [6.07, 6.45) is 1.45. The zero-order chi connectivity index (χ0) is 34.8. The average molecular weight is 682 g/mol. The first-order chi connectivity index (χ1) is 22.9. The fourth-order valence-corrected chi connectivity index (χ4v) is 6.72. The standard InChI is InChI=1S/C36H47N3O8S/c1-25-22-39(26(2)24-40)36(42)32-21-29(37-35(41)28-12-7-6-8-13-28)14-19-33(32)47-27(3)11-9-10-20-46-34(25)23-38(4)48(43,44)31-17-15-30(45-5)16-18-31/h6-8,12-19,21,25-27,34,40H,9-11,20,22-24H2,1-5H3,(H,37,41)/t25-,26+,27-,34-/m1/s1. The van der Waals surface area contributed by atoms with Crippen molar-refractivity contribution in [1.29, 1.82) is 0 Å². The lowest BCUT2D eigenvalue weighted by molar-refractivity contribution is -0.00834. The number of sulfonamides is 1. The molecular weight excluding hydrogens is 634 g/mol. The number of fused-ring (bicyclic) bond motifs is 1. The van der Waals surface area contributed by atoms with Gasteiger partial charge in [0.2, 0.25) is 10.0 Å². The van der Waals surface area contributed by atoms with E-state index in [9.17, 15) is 23.1 Å². The van der Waals surface area contributed by atoms with E-state index in [1.807, 2.05) is 19.9 Å². The van der Waals surface area contributed by atoms with E-state index < -0.39 is 28.1 Å². The highest BCUT2D eigenvalue weighted by molar-refractivity contribution is 7.89. The number of ether oxygens (including phenoxy) is 3. The predicted molar refractivity (Wildman–Crippen MR) is 184 cm³/mol. The molecule has 0 bridgehead atoms. The number of hydrogen-bond acceptors (Lipinski definition) is 8. The number of methoxy groups -OCH3 is 1. The van der Waals surface area contributed by atoms with Crippen LogP contribution < -0.4 is 14.8 Å². The number of nitrogens with one attached hydrogen (secondary N) is 1. The molecule has 1 heterocycles. The summed E-state index contributed by atoms with van der Waals surface area (Å²) in [6.45, 7) is 5.91. The lowest BCUT2D eigenvalue weighted by atomic mass is 10.0.